The van der Waals surface area contributed by atoms with Crippen LogP contribution in [0.25, 0.3) is 0 Å². The highest BCUT2D eigenvalue weighted by Crippen LogP contribution is 2.53. The van der Waals surface area contributed by atoms with Gasteiger partial charge in [0.05, 0.1) is 22.2 Å². The fraction of sp³-hybridized carbons (Fsp3) is 0.389. The first-order chi connectivity index (χ1) is 63.1. The summed E-state index contributed by atoms with van der Waals surface area (Å²) in [5.74, 6) is -16.2. The van der Waals surface area contributed by atoms with E-state index in [0.717, 1.165) is 114 Å². The highest BCUT2D eigenvalue weighted by Gasteiger charge is 2.59. The molecule has 0 radical (unpaired) electrons. The van der Waals surface area contributed by atoms with Gasteiger partial charge in [0.25, 0.3) is 41.4 Å². The van der Waals surface area contributed by atoms with E-state index in [1.807, 2.05) is 70.5 Å². The number of hydrogen-bond acceptors (Lipinski definition) is 16. The molecular weight excluding hydrogens is 1740 g/mol. The van der Waals surface area contributed by atoms with E-state index in [9.17, 15) is 112 Å². The number of carboxylic acid groups (broad SMARTS) is 1. The standard InChI is InChI=1S/C29H26F3N3O4.2C22H20F3N3O4.C22H22N2O5/c30-19-9-22(31)20(23(32)10-19)12-33-27(37)21-14-34-16-29-8-4-7-18(11-29)13-35(29)28(38)24(34)26(25(21)36)39-15-17-5-2-1-3-6-17;2*23-12-4-15(24)13(16(25)5-12)7-26-20(31)14-9-27-10-22-3-1-2-11(6-22)8-28(22)21(32)17(27)19(30)18(14)29;25-18-16(21(27)28)11-23-13-22-8-4-7-15(9-22)10-24(22)20(26)17(23)19(18)29-12-14-5-2-1-3-6-14/h1-3,5-6,9-10,14,18H,4,7-8,11-13,15-16H2,(H,33,37);2*4-5,9,11,30H,1-3,6-8,10H2,(H,26,31);1-3,5-6,11,15H,4,7-10,12-13H2,(H,27,28)/t18-,29+;2*11-,22+;15-,22+/m0000/s1. The van der Waals surface area contributed by atoms with Crippen molar-refractivity contribution in [1.29, 1.82) is 0 Å². The van der Waals surface area contributed by atoms with Crippen LogP contribution in [-0.4, -0.2) is 149 Å². The number of aromatic carboxylic acids is 1. The summed E-state index contributed by atoms with van der Waals surface area (Å²) in [6, 6.07) is 21.4. The highest BCUT2D eigenvalue weighted by atomic mass is 19.2. The average molecular weight is 1830 g/mol. The predicted octanol–water partition coefficient (Wildman–Crippen LogP) is 11.3. The summed E-state index contributed by atoms with van der Waals surface area (Å²) in [6.07, 6.45) is 20.1. The van der Waals surface area contributed by atoms with Crippen LogP contribution in [0.5, 0.6) is 23.0 Å². The molecular formula is C95H88F9N11O17. The average Bonchev–Trinajstić information content (AvgIpc) is 1.53. The summed E-state index contributed by atoms with van der Waals surface area (Å²) in [5.41, 5.74) is -6.73. The Morgan fingerprint density at radius 1 is 0.364 bits per heavy atom. The Balaban J connectivity index is 0.000000119. The number of rotatable bonds is 16. The maximum absolute atomic E-state index is 14.1. The number of pyridine rings is 4. The minimum atomic E-state index is -1.31. The molecule has 9 aromatic rings. The Bertz CT molecular complexity index is 6350. The van der Waals surface area contributed by atoms with Crippen molar-refractivity contribution >= 4 is 47.3 Å². The number of hydrogen-bond donors (Lipinski definition) is 6. The summed E-state index contributed by atoms with van der Waals surface area (Å²) in [5, 5.41) is 37.3. The predicted molar refractivity (Wildman–Crippen MR) is 450 cm³/mol. The number of fused-ring (bicyclic) bond motifs is 8. The molecule has 21 rings (SSSR count). The summed E-state index contributed by atoms with van der Waals surface area (Å²) in [4.78, 5) is 163. The van der Waals surface area contributed by atoms with Crippen LogP contribution in [0.1, 0.15) is 214 Å². The number of nitrogens with zero attached hydrogens (tertiary/aromatic N) is 8. The maximum Gasteiger partial charge on any atom is 0.341 e. The first-order valence-corrected chi connectivity index (χ1v) is 43.7. The minimum absolute atomic E-state index is 0.00119. The molecule has 688 valence electrons. The molecule has 5 aromatic carbocycles. The molecule has 4 saturated carbocycles. The first-order valence-electron chi connectivity index (χ1n) is 43.7. The van der Waals surface area contributed by atoms with Crippen molar-refractivity contribution in [3.63, 3.8) is 0 Å². The second-order valence-corrected chi connectivity index (χ2v) is 36.6. The molecule has 4 aromatic heterocycles. The first kappa shape index (κ1) is 88.9. The topological polar surface area (TPSA) is 353 Å². The molecule has 0 unspecified atom stereocenters. The molecule has 8 aliphatic heterocycles. The van der Waals surface area contributed by atoms with Gasteiger partial charge in [0, 0.05) is 150 Å². The molecule has 12 aliphatic rings. The Hall–Kier alpha value is -13.8. The van der Waals surface area contributed by atoms with Gasteiger partial charge in [-0.25, -0.2) is 44.3 Å². The molecule has 8 fully saturated rings. The van der Waals surface area contributed by atoms with E-state index in [1.165, 1.54) is 33.9 Å². The van der Waals surface area contributed by atoms with Crippen LogP contribution < -0.4 is 47.1 Å². The fourth-order valence-electron chi connectivity index (χ4n) is 22.5. The van der Waals surface area contributed by atoms with Crippen LogP contribution in [0, 0.1) is 76.0 Å². The summed E-state index contributed by atoms with van der Waals surface area (Å²) in [7, 11) is 0. The van der Waals surface area contributed by atoms with E-state index in [-0.39, 0.29) is 81.5 Å². The number of aromatic nitrogens is 4. The third kappa shape index (κ3) is 15.9. The van der Waals surface area contributed by atoms with Gasteiger partial charge in [-0.15, -0.1) is 0 Å². The van der Waals surface area contributed by atoms with Gasteiger partial charge >= 0.3 is 5.97 Å². The number of amides is 7. The van der Waals surface area contributed by atoms with Crippen LogP contribution in [-0.2, 0) is 59.0 Å². The van der Waals surface area contributed by atoms with Crippen molar-refractivity contribution in [1.82, 2.24) is 53.8 Å². The molecule has 4 aliphatic carbocycles. The molecule has 6 N–H and O–H groups in total. The molecule has 132 heavy (non-hydrogen) atoms. The van der Waals surface area contributed by atoms with Gasteiger partial charge in [0.1, 0.15) is 87.8 Å². The van der Waals surface area contributed by atoms with Gasteiger partial charge in [0.15, 0.2) is 45.8 Å². The zero-order valence-corrected chi connectivity index (χ0v) is 70.9. The van der Waals surface area contributed by atoms with Crippen LogP contribution >= 0.6 is 0 Å². The molecule has 8 bridgehead atoms. The zero-order valence-electron chi connectivity index (χ0n) is 70.9. The smallest absolute Gasteiger partial charge is 0.341 e. The third-order valence-electron chi connectivity index (χ3n) is 28.4. The van der Waals surface area contributed by atoms with E-state index >= 15 is 0 Å². The van der Waals surface area contributed by atoms with Crippen molar-refractivity contribution in [2.75, 3.05) is 26.2 Å². The SMILES string of the molecule is O=C(NCc1c(F)cc(F)cc1F)c1cn2c(c(O)c1=O)C(=O)N1C[C@H]3CCC[C@@]1(C3)C2.O=C(NCc1c(F)cc(F)cc1F)c1cn2c(c(O)c1=O)C(=O)N1C[C@H]3CCC[C@@]1(C3)C2.O=C(NCc1c(F)cc(F)cc1F)c1cn2c(c(OCc3ccccc3)c1=O)C(=O)N1C[C@H]3CCC[C@@]1(C3)C2.O=C(O)c1cn2c(c(OCc3ccccc3)c1=O)C(=O)N1C[C@H]3CCC[C@@]1(C3)C2. The molecule has 8 atom stereocenters. The number of benzene rings is 5. The number of aromatic hydroxyl groups is 2. The Morgan fingerprint density at radius 3 is 0.909 bits per heavy atom. The highest BCUT2D eigenvalue weighted by molar-refractivity contribution is 6.03. The van der Waals surface area contributed by atoms with Crippen molar-refractivity contribution in [3.8, 4) is 23.0 Å². The van der Waals surface area contributed by atoms with Gasteiger partial charge in [-0.05, 0) is 112 Å². The Kier molecular flexibility index (Phi) is 23.2. The van der Waals surface area contributed by atoms with Crippen molar-refractivity contribution in [2.24, 2.45) is 23.7 Å². The normalized spacial score (nSPS) is 23.2. The molecule has 12 heterocycles. The van der Waals surface area contributed by atoms with E-state index < -0.39 is 180 Å². The quantitative estimate of drug-likeness (QED) is 0.0489. The van der Waals surface area contributed by atoms with Gasteiger partial charge in [-0.3, -0.25) is 52.7 Å². The van der Waals surface area contributed by atoms with Gasteiger partial charge < -0.3 is 78.6 Å². The number of ether oxygens (including phenoxy) is 2. The van der Waals surface area contributed by atoms with E-state index in [4.69, 9.17) is 9.47 Å². The van der Waals surface area contributed by atoms with Crippen LogP contribution in [0.15, 0.2) is 141 Å². The van der Waals surface area contributed by atoms with Crippen molar-refractivity contribution in [3.05, 3.63) is 288 Å². The number of carbonyl (C=O) groups is 8. The summed E-state index contributed by atoms with van der Waals surface area (Å²) in [6.45, 7) is 2.35. The van der Waals surface area contributed by atoms with Crippen molar-refractivity contribution < 1.29 is 103 Å². The second-order valence-electron chi connectivity index (χ2n) is 36.6. The lowest BCUT2D eigenvalue weighted by Gasteiger charge is -2.44. The van der Waals surface area contributed by atoms with Crippen LogP contribution in [0.3, 0.4) is 0 Å². The molecule has 4 saturated heterocycles. The zero-order chi connectivity index (χ0) is 93.1. The lowest BCUT2D eigenvalue weighted by molar-refractivity contribution is 0.0408. The fourth-order valence-corrected chi connectivity index (χ4v) is 22.5. The van der Waals surface area contributed by atoms with Crippen LogP contribution in [0.4, 0.5) is 39.5 Å². The number of carbonyl (C=O) groups excluding carboxylic acids is 7. The molecule has 4 spiro atoms. The maximum atomic E-state index is 14.1. The van der Waals surface area contributed by atoms with Crippen molar-refractivity contribution in [2.45, 2.75) is 184 Å². The summed E-state index contributed by atoms with van der Waals surface area (Å²) >= 11 is 0. The van der Waals surface area contributed by atoms with Gasteiger partial charge in [0.2, 0.25) is 21.7 Å². The van der Waals surface area contributed by atoms with Gasteiger partial charge in [-0.2, -0.15) is 0 Å². The third-order valence-corrected chi connectivity index (χ3v) is 28.4. The van der Waals surface area contributed by atoms with E-state index in [0.29, 0.717) is 112 Å². The largest absolute Gasteiger partial charge is 0.503 e. The lowest BCUT2D eigenvalue weighted by Crippen LogP contribution is -2.55. The van der Waals surface area contributed by atoms with Crippen LogP contribution in [0.2, 0.25) is 0 Å². The monoisotopic (exact) mass is 1830 g/mol. The van der Waals surface area contributed by atoms with E-state index in [1.54, 1.807) is 18.9 Å². The number of halogens is 9. The lowest BCUT2D eigenvalue weighted by atomic mass is 9.79. The summed E-state index contributed by atoms with van der Waals surface area (Å²) < 4.78 is 141. The molecule has 37 heteroatoms. The number of nitrogens with one attached hydrogen (secondary N) is 3. The molecule has 28 nitrogen and oxygen atoms in total. The van der Waals surface area contributed by atoms with E-state index in [2.05, 4.69) is 16.0 Å². The number of carboxylic acids is 1. The minimum Gasteiger partial charge on any atom is -0.503 e. The van der Waals surface area contributed by atoms with Gasteiger partial charge in [-0.1, -0.05) is 86.3 Å². The second kappa shape index (κ2) is 34.5. The Labute approximate surface area is 745 Å². The Morgan fingerprint density at radius 2 is 0.621 bits per heavy atom. The molecule has 7 amide bonds.